The number of nitrogens with zero attached hydrogens (tertiary/aromatic N) is 3. The molecule has 0 aromatic carbocycles. The van der Waals surface area contributed by atoms with E-state index in [-0.39, 0.29) is 18.4 Å². The molecule has 3 rings (SSSR count). The van der Waals surface area contributed by atoms with Gasteiger partial charge in [-0.2, -0.15) is 0 Å². The number of carbonyl (C=O) groups excluding carboxylic acids is 3. The van der Waals surface area contributed by atoms with E-state index in [1.165, 1.54) is 5.01 Å². The molecule has 31 heavy (non-hydrogen) atoms. The quantitative estimate of drug-likeness (QED) is 0.313. The molecule has 0 spiro atoms. The van der Waals surface area contributed by atoms with E-state index in [9.17, 15) is 19.6 Å². The molecule has 1 aliphatic heterocycles. The Labute approximate surface area is 183 Å². The Morgan fingerprint density at radius 2 is 2.10 bits per heavy atom. The van der Waals surface area contributed by atoms with Crippen molar-refractivity contribution >= 4 is 24.0 Å². The van der Waals surface area contributed by atoms with E-state index in [0.717, 1.165) is 43.4 Å². The summed E-state index contributed by atoms with van der Waals surface area (Å²) >= 11 is 0. The second-order valence-corrected chi connectivity index (χ2v) is 8.54. The SMILES string of the molecule is CCc1ccc(C)c(NC(=O)[C@@H]2CCNN2C(=O)[C@H](CC2CCCC2)CN(O)C=O)n1. The number of nitrogens with one attached hydrogen (secondary N) is 2. The molecular formula is C22H33N5O4. The first-order chi connectivity index (χ1) is 14.9. The molecule has 1 aliphatic carbocycles. The Kier molecular flexibility index (Phi) is 7.97. The molecule has 2 atom stereocenters. The minimum Gasteiger partial charge on any atom is -0.309 e. The van der Waals surface area contributed by atoms with Crippen molar-refractivity contribution in [2.75, 3.05) is 18.4 Å². The first-order valence-electron chi connectivity index (χ1n) is 11.2. The van der Waals surface area contributed by atoms with E-state index in [0.29, 0.717) is 42.6 Å². The summed E-state index contributed by atoms with van der Waals surface area (Å²) in [5.41, 5.74) is 4.76. The van der Waals surface area contributed by atoms with Crippen molar-refractivity contribution in [3.8, 4) is 0 Å². The zero-order valence-corrected chi connectivity index (χ0v) is 18.3. The van der Waals surface area contributed by atoms with Crippen molar-refractivity contribution in [2.24, 2.45) is 11.8 Å². The number of rotatable bonds is 9. The lowest BCUT2D eigenvalue weighted by Gasteiger charge is -2.30. The molecule has 1 aromatic heterocycles. The predicted octanol–water partition coefficient (Wildman–Crippen LogP) is 2.04. The van der Waals surface area contributed by atoms with Crippen LogP contribution in [0.4, 0.5) is 5.82 Å². The number of hydrogen-bond acceptors (Lipinski definition) is 6. The Balaban J connectivity index is 1.72. The highest BCUT2D eigenvalue weighted by molar-refractivity contribution is 5.97. The first-order valence-corrected chi connectivity index (χ1v) is 11.2. The van der Waals surface area contributed by atoms with Crippen LogP contribution in [0.15, 0.2) is 12.1 Å². The highest BCUT2D eigenvalue weighted by Gasteiger charge is 2.39. The fourth-order valence-corrected chi connectivity index (χ4v) is 4.50. The van der Waals surface area contributed by atoms with E-state index >= 15 is 0 Å². The molecule has 170 valence electrons. The van der Waals surface area contributed by atoms with Crippen molar-refractivity contribution in [3.05, 3.63) is 23.4 Å². The molecular weight excluding hydrogens is 398 g/mol. The molecule has 0 unspecified atom stereocenters. The summed E-state index contributed by atoms with van der Waals surface area (Å²) in [6.07, 6.45) is 6.52. The van der Waals surface area contributed by atoms with E-state index in [1.54, 1.807) is 0 Å². The molecule has 1 saturated carbocycles. The molecule has 0 radical (unpaired) electrons. The van der Waals surface area contributed by atoms with Gasteiger partial charge in [-0.25, -0.2) is 15.5 Å². The first kappa shape index (κ1) is 23.1. The molecule has 9 heteroatoms. The van der Waals surface area contributed by atoms with Gasteiger partial charge in [0.25, 0.3) is 0 Å². The largest absolute Gasteiger partial charge is 0.309 e. The smallest absolute Gasteiger partial charge is 0.250 e. The number of hydroxylamine groups is 2. The standard InChI is InChI=1S/C22H33N5O4/c1-3-18-9-8-15(2)20(24-18)25-21(29)19-10-11-23-27(19)22(30)17(13-26(31)14-28)12-16-6-4-5-7-16/h8-9,14,16-17,19,23,31H,3-7,10-13H2,1-2H3,(H,24,25,29)/t17-,19+/m1/s1. The number of carbonyl (C=O) groups is 3. The summed E-state index contributed by atoms with van der Waals surface area (Å²) in [6.45, 7) is 4.30. The van der Waals surface area contributed by atoms with Crippen molar-refractivity contribution in [2.45, 2.75) is 64.8 Å². The molecule has 1 aromatic rings. The predicted molar refractivity (Wildman–Crippen MR) is 115 cm³/mol. The van der Waals surface area contributed by atoms with E-state index in [2.05, 4.69) is 15.7 Å². The Morgan fingerprint density at radius 3 is 2.77 bits per heavy atom. The monoisotopic (exact) mass is 431 g/mol. The summed E-state index contributed by atoms with van der Waals surface area (Å²) < 4.78 is 0. The topological polar surface area (TPSA) is 115 Å². The summed E-state index contributed by atoms with van der Waals surface area (Å²) in [7, 11) is 0. The number of aryl methyl sites for hydroxylation is 2. The van der Waals surface area contributed by atoms with Gasteiger partial charge in [0.05, 0.1) is 12.5 Å². The van der Waals surface area contributed by atoms with Crippen molar-refractivity contribution in [3.63, 3.8) is 0 Å². The maximum absolute atomic E-state index is 13.3. The summed E-state index contributed by atoms with van der Waals surface area (Å²) in [6, 6.07) is 3.18. The molecule has 3 N–H and O–H groups in total. The van der Waals surface area contributed by atoms with Crippen molar-refractivity contribution in [1.82, 2.24) is 20.5 Å². The maximum atomic E-state index is 13.3. The van der Waals surface area contributed by atoms with Gasteiger partial charge >= 0.3 is 0 Å². The highest BCUT2D eigenvalue weighted by atomic mass is 16.5. The molecule has 3 amide bonds. The van der Waals surface area contributed by atoms with Crippen LogP contribution in [0.3, 0.4) is 0 Å². The summed E-state index contributed by atoms with van der Waals surface area (Å²) in [5, 5.41) is 14.5. The Morgan fingerprint density at radius 1 is 1.35 bits per heavy atom. The third-order valence-electron chi connectivity index (χ3n) is 6.28. The number of pyridine rings is 1. The Hall–Kier alpha value is -2.52. The van der Waals surface area contributed by atoms with Crippen LogP contribution in [0.5, 0.6) is 0 Å². The highest BCUT2D eigenvalue weighted by Crippen LogP contribution is 2.31. The lowest BCUT2D eigenvalue weighted by atomic mass is 9.92. The second-order valence-electron chi connectivity index (χ2n) is 8.54. The van der Waals surface area contributed by atoms with E-state index in [1.807, 2.05) is 26.0 Å². The number of amides is 3. The van der Waals surface area contributed by atoms with Gasteiger partial charge in [-0.3, -0.25) is 24.6 Å². The molecule has 2 aliphatic rings. The third-order valence-corrected chi connectivity index (χ3v) is 6.28. The van der Waals surface area contributed by atoms with Gasteiger partial charge < -0.3 is 5.32 Å². The number of aromatic nitrogens is 1. The van der Waals surface area contributed by atoms with Crippen LogP contribution in [0, 0.1) is 18.8 Å². The molecule has 1 saturated heterocycles. The van der Waals surface area contributed by atoms with Gasteiger partial charge in [0.1, 0.15) is 11.9 Å². The lowest BCUT2D eigenvalue weighted by Crippen LogP contribution is -2.51. The van der Waals surface area contributed by atoms with Gasteiger partial charge in [0.15, 0.2) is 0 Å². The van der Waals surface area contributed by atoms with E-state index < -0.39 is 12.0 Å². The van der Waals surface area contributed by atoms with E-state index in [4.69, 9.17) is 0 Å². The summed E-state index contributed by atoms with van der Waals surface area (Å²) in [5.74, 6) is -0.223. The second kappa shape index (κ2) is 10.7. The minimum absolute atomic E-state index is 0.0788. The molecule has 2 heterocycles. The van der Waals surface area contributed by atoms with Crippen LogP contribution in [0.2, 0.25) is 0 Å². The number of hydrazine groups is 1. The molecule has 9 nitrogen and oxygen atoms in total. The maximum Gasteiger partial charge on any atom is 0.250 e. The van der Waals surface area contributed by atoms with Crippen molar-refractivity contribution in [1.29, 1.82) is 0 Å². The minimum atomic E-state index is -0.673. The number of anilines is 1. The fraction of sp³-hybridized carbons (Fsp3) is 0.636. The summed E-state index contributed by atoms with van der Waals surface area (Å²) in [4.78, 5) is 41.8. The third kappa shape index (κ3) is 5.80. The van der Waals surface area contributed by atoms with Gasteiger partial charge in [0.2, 0.25) is 18.2 Å². The van der Waals surface area contributed by atoms with Gasteiger partial charge in [-0.1, -0.05) is 38.7 Å². The molecule has 0 bridgehead atoms. The van der Waals surface area contributed by atoms with Gasteiger partial charge in [-0.05, 0) is 43.7 Å². The van der Waals surface area contributed by atoms with Crippen LogP contribution in [-0.4, -0.2) is 57.6 Å². The van der Waals surface area contributed by atoms with Crippen LogP contribution in [-0.2, 0) is 20.8 Å². The average Bonchev–Trinajstić information content (AvgIpc) is 3.46. The van der Waals surface area contributed by atoms with Crippen LogP contribution in [0.25, 0.3) is 0 Å². The van der Waals surface area contributed by atoms with Crippen LogP contribution < -0.4 is 10.7 Å². The zero-order chi connectivity index (χ0) is 22.4. The van der Waals surface area contributed by atoms with Crippen LogP contribution in [0.1, 0.15) is 56.7 Å². The fourth-order valence-electron chi connectivity index (χ4n) is 4.50. The Bertz CT molecular complexity index is 796. The molecule has 2 fully saturated rings. The lowest BCUT2D eigenvalue weighted by molar-refractivity contribution is -0.159. The van der Waals surface area contributed by atoms with Gasteiger partial charge in [-0.15, -0.1) is 0 Å². The number of hydrogen-bond donors (Lipinski definition) is 3. The normalized spacial score (nSPS) is 20.0. The van der Waals surface area contributed by atoms with Gasteiger partial charge in [0, 0.05) is 12.2 Å². The van der Waals surface area contributed by atoms with Crippen LogP contribution >= 0.6 is 0 Å². The average molecular weight is 432 g/mol. The zero-order valence-electron chi connectivity index (χ0n) is 18.3. The van der Waals surface area contributed by atoms with Crippen molar-refractivity contribution < 1.29 is 19.6 Å².